The number of ether oxygens (including phenoxy) is 2. The Kier molecular flexibility index (Phi) is 10.00. The molecule has 3 rings (SSSR count). The van der Waals surface area contributed by atoms with Gasteiger partial charge in [0.15, 0.2) is 6.40 Å². The molecule has 9 nitrogen and oxygen atoms in total. The van der Waals surface area contributed by atoms with E-state index in [1.807, 2.05) is 32.9 Å². The molecular weight excluding hydrogens is 540 g/mol. The fourth-order valence-corrected chi connectivity index (χ4v) is 6.06. The number of amides is 2. The second-order valence-electron chi connectivity index (χ2n) is 12.9. The van der Waals surface area contributed by atoms with Gasteiger partial charge >= 0.3 is 5.97 Å². The lowest BCUT2D eigenvalue weighted by Crippen LogP contribution is -2.56. The number of aromatic nitrogens is 1. The molecule has 1 aliphatic heterocycles. The molecule has 1 saturated heterocycles. The molecule has 224 valence electrons. The van der Waals surface area contributed by atoms with E-state index < -0.39 is 35.0 Å². The van der Waals surface area contributed by atoms with Gasteiger partial charge in [-0.3, -0.25) is 9.59 Å². The molecule has 0 bridgehead atoms. The van der Waals surface area contributed by atoms with Crippen molar-refractivity contribution in [3.8, 4) is 0 Å². The highest BCUT2D eigenvalue weighted by atomic mass is 32.1. The van der Waals surface area contributed by atoms with Crippen LogP contribution in [0.15, 0.2) is 40.9 Å². The Hall–Kier alpha value is -3.27. The maximum Gasteiger partial charge on any atom is 0.332 e. The van der Waals surface area contributed by atoms with E-state index in [0.29, 0.717) is 23.6 Å². The number of esters is 1. The number of hydrogen-bond donors (Lipinski definition) is 1. The molecule has 1 aromatic carbocycles. The van der Waals surface area contributed by atoms with Crippen LogP contribution in [0, 0.1) is 11.8 Å². The molecule has 41 heavy (non-hydrogen) atoms. The average Bonchev–Trinajstić information content (AvgIpc) is 3.51. The number of rotatable bonds is 9. The van der Waals surface area contributed by atoms with Gasteiger partial charge in [-0.05, 0) is 69.6 Å². The zero-order valence-corrected chi connectivity index (χ0v) is 26.5. The SMILES string of the molecule is CCO/C=N/NC(=O)C1C[C@@](CC(C)C)(C(=O)OC(C)(C)C)N(C(=O)c2ccc(C(C)(C)C)cc2)[C@H]1c1nccs1. The Morgan fingerprint density at radius 2 is 1.83 bits per heavy atom. The van der Waals surface area contributed by atoms with Gasteiger partial charge in [-0.25, -0.2) is 15.2 Å². The van der Waals surface area contributed by atoms with Crippen LogP contribution in [0.3, 0.4) is 0 Å². The van der Waals surface area contributed by atoms with Crippen molar-refractivity contribution < 1.29 is 23.9 Å². The second kappa shape index (κ2) is 12.7. The summed E-state index contributed by atoms with van der Waals surface area (Å²) in [7, 11) is 0. The van der Waals surface area contributed by atoms with Crippen molar-refractivity contribution in [2.45, 2.75) is 97.8 Å². The second-order valence-corrected chi connectivity index (χ2v) is 13.9. The molecule has 2 amide bonds. The van der Waals surface area contributed by atoms with Crippen molar-refractivity contribution in [2.75, 3.05) is 6.61 Å². The van der Waals surface area contributed by atoms with Crippen molar-refractivity contribution in [1.82, 2.24) is 15.3 Å². The van der Waals surface area contributed by atoms with Gasteiger partial charge in [0.25, 0.3) is 5.91 Å². The molecule has 1 fully saturated rings. The Balaban J connectivity index is 2.22. The first-order valence-corrected chi connectivity index (χ1v) is 15.0. The normalized spacial score (nSPS) is 21.4. The predicted molar refractivity (Wildman–Crippen MR) is 161 cm³/mol. The van der Waals surface area contributed by atoms with Crippen molar-refractivity contribution in [1.29, 1.82) is 0 Å². The first-order chi connectivity index (χ1) is 19.1. The molecular formula is C31H44N4O5S. The number of carbonyl (C=O) groups is 3. The molecule has 0 radical (unpaired) electrons. The standard InChI is InChI=1S/C31H44N4O5S/c1-10-39-19-33-34-25(36)23-18-31(17-20(2)3,28(38)40-30(7,8)9)35(24(23)26-32-15-16-41-26)27(37)21-11-13-22(14-12-21)29(4,5)6/h11-16,19-20,23-24H,10,17-18H2,1-9H3,(H,34,36)/b33-19+/t23?,24-,31+/m1/s1. The highest BCUT2D eigenvalue weighted by Gasteiger charge is 2.62. The smallest absolute Gasteiger partial charge is 0.332 e. The van der Waals surface area contributed by atoms with Crippen LogP contribution in [-0.4, -0.2) is 51.8 Å². The third-order valence-electron chi connectivity index (χ3n) is 6.93. The monoisotopic (exact) mass is 584 g/mol. The van der Waals surface area contributed by atoms with Gasteiger partial charge < -0.3 is 14.4 Å². The summed E-state index contributed by atoms with van der Waals surface area (Å²) in [5, 5.41) is 6.27. The molecule has 1 N–H and O–H groups in total. The molecule has 0 saturated carbocycles. The van der Waals surface area contributed by atoms with Crippen LogP contribution in [0.1, 0.15) is 102 Å². The molecule has 0 aliphatic carbocycles. The summed E-state index contributed by atoms with van der Waals surface area (Å²) in [6.45, 7) is 17.9. The lowest BCUT2D eigenvalue weighted by Gasteiger charge is -2.41. The van der Waals surface area contributed by atoms with Gasteiger partial charge in [-0.15, -0.1) is 16.4 Å². The van der Waals surface area contributed by atoms with Gasteiger partial charge in [-0.1, -0.05) is 46.8 Å². The van der Waals surface area contributed by atoms with Gasteiger partial charge in [0.05, 0.1) is 18.6 Å². The van der Waals surface area contributed by atoms with Gasteiger partial charge in [0, 0.05) is 17.1 Å². The molecule has 10 heteroatoms. The van der Waals surface area contributed by atoms with E-state index in [0.717, 1.165) is 5.56 Å². The van der Waals surface area contributed by atoms with Crippen LogP contribution in [-0.2, 0) is 24.5 Å². The van der Waals surface area contributed by atoms with Gasteiger partial charge in [0.1, 0.15) is 16.1 Å². The van der Waals surface area contributed by atoms with Crippen molar-refractivity contribution >= 4 is 35.5 Å². The maximum atomic E-state index is 14.6. The number of nitrogens with zero attached hydrogens (tertiary/aromatic N) is 3. The topological polar surface area (TPSA) is 110 Å². The summed E-state index contributed by atoms with van der Waals surface area (Å²) in [5.74, 6) is -2.13. The first kappa shape index (κ1) is 32.2. The van der Waals surface area contributed by atoms with Crippen LogP contribution in [0.5, 0.6) is 0 Å². The average molecular weight is 585 g/mol. The molecule has 2 aromatic rings. The zero-order valence-electron chi connectivity index (χ0n) is 25.7. The third kappa shape index (κ3) is 7.52. The van der Waals surface area contributed by atoms with E-state index in [-0.39, 0.29) is 23.7 Å². The largest absolute Gasteiger partial charge is 0.482 e. The summed E-state index contributed by atoms with van der Waals surface area (Å²) in [4.78, 5) is 48.5. The van der Waals surface area contributed by atoms with E-state index in [1.165, 1.54) is 17.7 Å². The molecule has 1 unspecified atom stereocenters. The Morgan fingerprint density at radius 1 is 1.17 bits per heavy atom. The lowest BCUT2D eigenvalue weighted by molar-refractivity contribution is -0.168. The number of nitrogens with one attached hydrogen (secondary N) is 1. The van der Waals surface area contributed by atoms with Crippen LogP contribution in [0.25, 0.3) is 0 Å². The first-order valence-electron chi connectivity index (χ1n) is 14.1. The maximum absolute atomic E-state index is 14.6. The van der Waals surface area contributed by atoms with E-state index in [4.69, 9.17) is 9.47 Å². The highest BCUT2D eigenvalue weighted by molar-refractivity contribution is 7.09. The molecule has 2 heterocycles. The lowest BCUT2D eigenvalue weighted by atomic mass is 9.83. The van der Waals surface area contributed by atoms with Crippen molar-refractivity contribution in [3.05, 3.63) is 52.0 Å². The molecule has 1 aromatic heterocycles. The van der Waals surface area contributed by atoms with Crippen LogP contribution >= 0.6 is 11.3 Å². The van der Waals surface area contributed by atoms with Crippen LogP contribution in [0.4, 0.5) is 0 Å². The highest BCUT2D eigenvalue weighted by Crippen LogP contribution is 2.51. The van der Waals surface area contributed by atoms with E-state index in [2.05, 4.69) is 36.3 Å². The fraction of sp³-hybridized carbons (Fsp3) is 0.581. The van der Waals surface area contributed by atoms with Crippen LogP contribution in [0.2, 0.25) is 0 Å². The number of hydrogen-bond acceptors (Lipinski definition) is 8. The van der Waals surface area contributed by atoms with Gasteiger partial charge in [0.2, 0.25) is 5.91 Å². The minimum absolute atomic E-state index is 0.0100. The third-order valence-corrected chi connectivity index (χ3v) is 7.78. The summed E-state index contributed by atoms with van der Waals surface area (Å²) in [5.41, 5.74) is 1.74. The quantitative estimate of drug-likeness (QED) is 0.171. The van der Waals surface area contributed by atoms with E-state index in [9.17, 15) is 14.4 Å². The van der Waals surface area contributed by atoms with E-state index in [1.54, 1.807) is 49.4 Å². The summed E-state index contributed by atoms with van der Waals surface area (Å²) in [6, 6.07) is 6.64. The number of hydrazone groups is 1. The van der Waals surface area contributed by atoms with E-state index >= 15 is 0 Å². The summed E-state index contributed by atoms with van der Waals surface area (Å²) in [6.07, 6.45) is 3.17. The Labute approximate surface area is 247 Å². The van der Waals surface area contributed by atoms with Crippen molar-refractivity contribution in [2.24, 2.45) is 16.9 Å². The number of carbonyl (C=O) groups excluding carboxylic acids is 3. The molecule has 1 aliphatic rings. The number of benzene rings is 1. The Bertz CT molecular complexity index is 1230. The summed E-state index contributed by atoms with van der Waals surface area (Å²) >= 11 is 1.34. The minimum atomic E-state index is -1.41. The molecule has 3 atom stereocenters. The van der Waals surface area contributed by atoms with Crippen LogP contribution < -0.4 is 5.43 Å². The van der Waals surface area contributed by atoms with Crippen molar-refractivity contribution in [3.63, 3.8) is 0 Å². The molecule has 0 spiro atoms. The summed E-state index contributed by atoms with van der Waals surface area (Å²) < 4.78 is 11.1. The number of likely N-dealkylation sites (tertiary alicyclic amines) is 1. The zero-order chi connectivity index (χ0) is 30.6. The van der Waals surface area contributed by atoms with Gasteiger partial charge in [-0.2, -0.15) is 0 Å². The number of thiazole rings is 1. The predicted octanol–water partition coefficient (Wildman–Crippen LogP) is 5.87. The minimum Gasteiger partial charge on any atom is -0.482 e. The Morgan fingerprint density at radius 3 is 2.34 bits per heavy atom. The fourth-order valence-electron chi connectivity index (χ4n) is 5.27.